The normalized spacial score (nSPS) is 10.0. The summed E-state index contributed by atoms with van der Waals surface area (Å²) >= 11 is 2.13. The molecule has 0 aliphatic carbocycles. The van der Waals surface area contributed by atoms with E-state index >= 15 is 0 Å². The number of benzene rings is 2. The predicted molar refractivity (Wildman–Crippen MR) is 91.3 cm³/mol. The van der Waals surface area contributed by atoms with Crippen LogP contribution in [0.1, 0.15) is 17.3 Å². The van der Waals surface area contributed by atoms with Crippen LogP contribution in [0, 0.1) is 3.57 Å². The first kappa shape index (κ1) is 15.6. The lowest BCUT2D eigenvalue weighted by Gasteiger charge is -2.13. The van der Waals surface area contributed by atoms with Crippen molar-refractivity contribution in [2.24, 2.45) is 0 Å². The third-order valence-corrected chi connectivity index (χ3v) is 3.61. The molecular formula is C16H16INO3. The van der Waals surface area contributed by atoms with Crippen molar-refractivity contribution in [3.8, 4) is 11.5 Å². The number of methoxy groups -OCH3 is 1. The van der Waals surface area contributed by atoms with Gasteiger partial charge in [-0.15, -0.1) is 0 Å². The van der Waals surface area contributed by atoms with Gasteiger partial charge in [-0.25, -0.2) is 0 Å². The summed E-state index contributed by atoms with van der Waals surface area (Å²) in [7, 11) is 1.59. The molecule has 0 aromatic heterocycles. The fourth-order valence-electron chi connectivity index (χ4n) is 1.88. The van der Waals surface area contributed by atoms with Gasteiger partial charge in [0.1, 0.15) is 0 Å². The molecule has 2 rings (SSSR count). The average molecular weight is 397 g/mol. The summed E-state index contributed by atoms with van der Waals surface area (Å²) in [6.45, 7) is 2.40. The zero-order valence-electron chi connectivity index (χ0n) is 11.9. The number of ether oxygens (including phenoxy) is 2. The molecule has 2 aromatic carbocycles. The van der Waals surface area contributed by atoms with E-state index in [1.54, 1.807) is 19.2 Å². The monoisotopic (exact) mass is 397 g/mol. The highest BCUT2D eigenvalue weighted by Gasteiger charge is 2.15. The van der Waals surface area contributed by atoms with E-state index in [0.717, 1.165) is 9.26 Å². The molecule has 0 atom stereocenters. The lowest BCUT2D eigenvalue weighted by Crippen LogP contribution is -2.12. The second-order valence-electron chi connectivity index (χ2n) is 4.24. The van der Waals surface area contributed by atoms with Gasteiger partial charge in [0.05, 0.1) is 17.3 Å². The van der Waals surface area contributed by atoms with Crippen molar-refractivity contribution >= 4 is 34.2 Å². The number of hydrogen-bond acceptors (Lipinski definition) is 3. The highest BCUT2D eigenvalue weighted by Crippen LogP contribution is 2.34. The summed E-state index contributed by atoms with van der Waals surface area (Å²) < 4.78 is 11.7. The van der Waals surface area contributed by atoms with Gasteiger partial charge >= 0.3 is 0 Å². The lowest BCUT2D eigenvalue weighted by molar-refractivity contribution is 0.102. The fraction of sp³-hybridized carbons (Fsp3) is 0.188. The Morgan fingerprint density at radius 2 is 1.95 bits per heavy atom. The molecule has 0 aliphatic heterocycles. The summed E-state index contributed by atoms with van der Waals surface area (Å²) in [6.07, 6.45) is 0. The number of carbonyl (C=O) groups excluding carboxylic acids is 1. The van der Waals surface area contributed by atoms with Crippen LogP contribution < -0.4 is 14.8 Å². The van der Waals surface area contributed by atoms with Crippen molar-refractivity contribution in [3.63, 3.8) is 0 Å². The van der Waals surface area contributed by atoms with E-state index in [1.165, 1.54) is 0 Å². The van der Waals surface area contributed by atoms with Crippen LogP contribution in [0.3, 0.4) is 0 Å². The van der Waals surface area contributed by atoms with Crippen molar-refractivity contribution < 1.29 is 14.3 Å². The Morgan fingerprint density at radius 1 is 1.24 bits per heavy atom. The smallest absolute Gasteiger partial charge is 0.255 e. The van der Waals surface area contributed by atoms with Crippen molar-refractivity contribution in [1.29, 1.82) is 0 Å². The quantitative estimate of drug-likeness (QED) is 0.778. The zero-order valence-corrected chi connectivity index (χ0v) is 14.0. The number of rotatable bonds is 5. The second kappa shape index (κ2) is 7.31. The van der Waals surface area contributed by atoms with Crippen LogP contribution in [0.25, 0.3) is 0 Å². The maximum absolute atomic E-state index is 12.3. The van der Waals surface area contributed by atoms with Gasteiger partial charge in [0.15, 0.2) is 11.5 Å². The minimum Gasteiger partial charge on any atom is -0.492 e. The first-order chi connectivity index (χ1) is 10.2. The largest absolute Gasteiger partial charge is 0.492 e. The molecule has 0 saturated carbocycles. The van der Waals surface area contributed by atoms with Gasteiger partial charge in [0.2, 0.25) is 0 Å². The number of nitrogens with one attached hydrogen (secondary N) is 1. The van der Waals surface area contributed by atoms with Gasteiger partial charge in [-0.2, -0.15) is 0 Å². The summed E-state index contributed by atoms with van der Waals surface area (Å²) in [5.41, 5.74) is 1.29. The molecule has 0 aliphatic rings. The summed E-state index contributed by atoms with van der Waals surface area (Å²) in [6, 6.07) is 12.8. The molecule has 1 amide bonds. The Kier molecular flexibility index (Phi) is 5.44. The molecule has 2 aromatic rings. The van der Waals surface area contributed by atoms with Crippen molar-refractivity contribution in [2.45, 2.75) is 6.92 Å². The minimum absolute atomic E-state index is 0.178. The molecule has 0 unspecified atom stereocenters. The Hall–Kier alpha value is -1.76. The van der Waals surface area contributed by atoms with E-state index in [-0.39, 0.29) is 5.91 Å². The molecule has 0 heterocycles. The molecule has 0 bridgehead atoms. The van der Waals surface area contributed by atoms with E-state index in [4.69, 9.17) is 9.47 Å². The third kappa shape index (κ3) is 3.87. The zero-order chi connectivity index (χ0) is 15.2. The number of para-hydroxylation sites is 1. The molecule has 0 radical (unpaired) electrons. The van der Waals surface area contributed by atoms with Crippen molar-refractivity contribution in [1.82, 2.24) is 0 Å². The number of amides is 1. The minimum atomic E-state index is -0.178. The summed E-state index contributed by atoms with van der Waals surface area (Å²) in [5, 5.41) is 2.85. The van der Waals surface area contributed by atoms with Crippen LogP contribution in [0.2, 0.25) is 0 Å². The maximum Gasteiger partial charge on any atom is 0.255 e. The molecule has 1 N–H and O–H groups in total. The van der Waals surface area contributed by atoms with E-state index in [0.29, 0.717) is 23.7 Å². The molecule has 0 saturated heterocycles. The molecular weight excluding hydrogens is 381 g/mol. The fourth-order valence-corrected chi connectivity index (χ4v) is 2.71. The van der Waals surface area contributed by atoms with Gasteiger partial charge in [-0.05, 0) is 53.8 Å². The van der Waals surface area contributed by atoms with Crippen LogP contribution in [-0.2, 0) is 0 Å². The number of halogens is 1. The summed E-state index contributed by atoms with van der Waals surface area (Å²) in [4.78, 5) is 12.3. The van der Waals surface area contributed by atoms with E-state index in [2.05, 4.69) is 27.9 Å². The van der Waals surface area contributed by atoms with Gasteiger partial charge in [-0.3, -0.25) is 4.79 Å². The Balaban J connectivity index is 2.29. The Bertz CT molecular complexity index is 629. The molecule has 4 nitrogen and oxygen atoms in total. The Labute approximate surface area is 137 Å². The highest BCUT2D eigenvalue weighted by molar-refractivity contribution is 14.1. The van der Waals surface area contributed by atoms with E-state index in [1.807, 2.05) is 37.3 Å². The van der Waals surface area contributed by atoms with Crippen LogP contribution in [-0.4, -0.2) is 19.6 Å². The first-order valence-electron chi connectivity index (χ1n) is 6.52. The Morgan fingerprint density at radius 3 is 2.57 bits per heavy atom. The standard InChI is InChI=1S/C16H16INO3/c1-3-21-14-10-11(9-13(17)15(14)20-2)16(19)18-12-7-5-4-6-8-12/h4-10H,3H2,1-2H3,(H,18,19). The molecule has 5 heteroatoms. The van der Waals surface area contributed by atoms with Gasteiger partial charge in [-0.1, -0.05) is 18.2 Å². The van der Waals surface area contributed by atoms with Gasteiger partial charge in [0.25, 0.3) is 5.91 Å². The van der Waals surface area contributed by atoms with Crippen LogP contribution >= 0.6 is 22.6 Å². The van der Waals surface area contributed by atoms with Crippen LogP contribution in [0.5, 0.6) is 11.5 Å². The average Bonchev–Trinajstić information content (AvgIpc) is 2.48. The topological polar surface area (TPSA) is 47.6 Å². The maximum atomic E-state index is 12.3. The van der Waals surface area contributed by atoms with Gasteiger partial charge < -0.3 is 14.8 Å². The van der Waals surface area contributed by atoms with Crippen molar-refractivity contribution in [2.75, 3.05) is 19.0 Å². The van der Waals surface area contributed by atoms with Crippen LogP contribution in [0.15, 0.2) is 42.5 Å². The van der Waals surface area contributed by atoms with E-state index in [9.17, 15) is 4.79 Å². The lowest BCUT2D eigenvalue weighted by atomic mass is 10.2. The van der Waals surface area contributed by atoms with Crippen molar-refractivity contribution in [3.05, 3.63) is 51.6 Å². The highest BCUT2D eigenvalue weighted by atomic mass is 127. The van der Waals surface area contributed by atoms with Gasteiger partial charge in [0, 0.05) is 11.3 Å². The first-order valence-corrected chi connectivity index (χ1v) is 7.60. The van der Waals surface area contributed by atoms with E-state index < -0.39 is 0 Å². The summed E-state index contributed by atoms with van der Waals surface area (Å²) in [5.74, 6) is 1.04. The predicted octanol–water partition coefficient (Wildman–Crippen LogP) is 3.95. The second-order valence-corrected chi connectivity index (χ2v) is 5.40. The molecule has 0 spiro atoms. The molecule has 21 heavy (non-hydrogen) atoms. The number of hydrogen-bond donors (Lipinski definition) is 1. The molecule has 0 fully saturated rings. The molecule has 110 valence electrons. The SMILES string of the molecule is CCOc1cc(C(=O)Nc2ccccc2)cc(I)c1OC. The third-order valence-electron chi connectivity index (χ3n) is 2.81. The number of anilines is 1. The van der Waals surface area contributed by atoms with Crippen LogP contribution in [0.4, 0.5) is 5.69 Å². The number of carbonyl (C=O) groups is 1.